The fourth-order valence-electron chi connectivity index (χ4n) is 2.57. The number of hydrogen-bond acceptors (Lipinski definition) is 5. The van der Waals surface area contributed by atoms with Crippen molar-refractivity contribution in [2.24, 2.45) is 5.41 Å². The molecule has 1 heterocycles. The Labute approximate surface area is 113 Å². The van der Waals surface area contributed by atoms with Crippen LogP contribution in [0.3, 0.4) is 0 Å². The van der Waals surface area contributed by atoms with E-state index in [1.807, 2.05) is 0 Å². The quantitative estimate of drug-likeness (QED) is 0.838. The second-order valence-electron chi connectivity index (χ2n) is 6.25. The third-order valence-electron chi connectivity index (χ3n) is 4.08. The number of methoxy groups -OCH3 is 1. The van der Waals surface area contributed by atoms with Gasteiger partial charge in [-0.3, -0.25) is 4.79 Å². The van der Waals surface area contributed by atoms with Crippen LogP contribution in [0.25, 0.3) is 0 Å². The zero-order chi connectivity index (χ0) is 14.1. The minimum Gasteiger partial charge on any atom is -0.370 e. The topological polar surface area (TPSA) is 65.2 Å². The van der Waals surface area contributed by atoms with Crippen molar-refractivity contribution in [1.82, 2.24) is 10.1 Å². The molecule has 1 aromatic rings. The first-order valence-corrected chi connectivity index (χ1v) is 6.75. The van der Waals surface area contributed by atoms with Crippen molar-refractivity contribution in [3.05, 3.63) is 11.7 Å². The summed E-state index contributed by atoms with van der Waals surface area (Å²) in [6, 6.07) is 0. The minimum absolute atomic E-state index is 0.0199. The number of carbonyl (C=O) groups is 1. The van der Waals surface area contributed by atoms with Crippen LogP contribution >= 0.6 is 0 Å². The molecule has 106 valence electrons. The number of Topliss-reactive ketones (excluding diaryl/α,β-unsaturated/α-hetero) is 1. The van der Waals surface area contributed by atoms with Crippen molar-refractivity contribution in [3.8, 4) is 0 Å². The van der Waals surface area contributed by atoms with Gasteiger partial charge in [0.25, 0.3) is 0 Å². The molecule has 1 aromatic heterocycles. The van der Waals surface area contributed by atoms with Gasteiger partial charge in [0.05, 0.1) is 6.42 Å². The Morgan fingerprint density at radius 1 is 1.32 bits per heavy atom. The van der Waals surface area contributed by atoms with E-state index in [0.717, 1.165) is 25.7 Å². The molecule has 1 fully saturated rings. The Bertz CT molecular complexity index is 455. The highest BCUT2D eigenvalue weighted by Gasteiger charge is 2.43. The molecular weight excluding hydrogens is 244 g/mol. The van der Waals surface area contributed by atoms with Crippen LogP contribution in [0.15, 0.2) is 4.52 Å². The number of ketones is 1. The molecule has 2 rings (SSSR count). The molecule has 0 N–H and O–H groups in total. The fraction of sp³-hybridized carbons (Fsp3) is 0.786. The Hall–Kier alpha value is -1.23. The van der Waals surface area contributed by atoms with Crippen molar-refractivity contribution in [2.45, 2.75) is 58.5 Å². The van der Waals surface area contributed by atoms with Gasteiger partial charge in [-0.05, 0) is 38.0 Å². The summed E-state index contributed by atoms with van der Waals surface area (Å²) in [5, 5.41) is 4.02. The Morgan fingerprint density at radius 3 is 2.47 bits per heavy atom. The Kier molecular flexibility index (Phi) is 3.76. The van der Waals surface area contributed by atoms with Crippen molar-refractivity contribution in [2.75, 3.05) is 7.11 Å². The van der Waals surface area contributed by atoms with Crippen LogP contribution in [-0.4, -0.2) is 23.0 Å². The van der Waals surface area contributed by atoms with E-state index in [1.165, 1.54) is 6.92 Å². The summed E-state index contributed by atoms with van der Waals surface area (Å²) in [4.78, 5) is 15.4. The lowest BCUT2D eigenvalue weighted by atomic mass is 9.70. The van der Waals surface area contributed by atoms with E-state index in [0.29, 0.717) is 17.1 Å². The number of ether oxygens (including phenoxy) is 1. The van der Waals surface area contributed by atoms with Crippen molar-refractivity contribution < 1.29 is 14.1 Å². The van der Waals surface area contributed by atoms with Crippen LogP contribution in [0.4, 0.5) is 0 Å². The maximum absolute atomic E-state index is 11.1. The van der Waals surface area contributed by atoms with Gasteiger partial charge in [0.2, 0.25) is 11.7 Å². The first kappa shape index (κ1) is 14.2. The molecule has 5 nitrogen and oxygen atoms in total. The van der Waals surface area contributed by atoms with Crippen LogP contribution in [0, 0.1) is 5.41 Å². The summed E-state index contributed by atoms with van der Waals surface area (Å²) in [6.07, 6.45) is 4.10. The predicted molar refractivity (Wildman–Crippen MR) is 69.6 cm³/mol. The van der Waals surface area contributed by atoms with Gasteiger partial charge in [-0.1, -0.05) is 19.0 Å². The van der Waals surface area contributed by atoms with Gasteiger partial charge in [0.1, 0.15) is 11.4 Å². The predicted octanol–water partition coefficient (Wildman–Crippen LogP) is 2.64. The molecule has 5 heteroatoms. The lowest BCUT2D eigenvalue weighted by Crippen LogP contribution is -2.37. The summed E-state index contributed by atoms with van der Waals surface area (Å²) in [5.41, 5.74) is -0.109. The highest BCUT2D eigenvalue weighted by molar-refractivity contribution is 5.77. The summed E-state index contributed by atoms with van der Waals surface area (Å²) >= 11 is 0. The average molecular weight is 266 g/mol. The third kappa shape index (κ3) is 3.03. The molecular formula is C14H22N2O3. The monoisotopic (exact) mass is 266 g/mol. The summed E-state index contributed by atoms with van der Waals surface area (Å²) in [7, 11) is 1.69. The lowest BCUT2D eigenvalue weighted by Gasteiger charge is -2.40. The van der Waals surface area contributed by atoms with E-state index in [1.54, 1.807) is 7.11 Å². The second-order valence-corrected chi connectivity index (χ2v) is 6.25. The normalized spacial score (nSPS) is 21.3. The molecule has 1 aliphatic carbocycles. The number of carbonyl (C=O) groups excluding carboxylic acids is 1. The molecule has 0 spiro atoms. The molecule has 1 aliphatic rings. The van der Waals surface area contributed by atoms with E-state index in [4.69, 9.17) is 9.26 Å². The SMILES string of the molecule is COC1(c2noc(CC(C)=O)n2)CCC(C)(C)CC1. The van der Waals surface area contributed by atoms with E-state index in [2.05, 4.69) is 24.0 Å². The van der Waals surface area contributed by atoms with Gasteiger partial charge < -0.3 is 9.26 Å². The smallest absolute Gasteiger partial charge is 0.234 e. The molecule has 0 atom stereocenters. The van der Waals surface area contributed by atoms with Gasteiger partial charge in [-0.25, -0.2) is 0 Å². The van der Waals surface area contributed by atoms with Gasteiger partial charge >= 0.3 is 0 Å². The minimum atomic E-state index is -0.450. The van der Waals surface area contributed by atoms with E-state index >= 15 is 0 Å². The number of hydrogen-bond donors (Lipinski definition) is 0. The van der Waals surface area contributed by atoms with Gasteiger partial charge in [-0.15, -0.1) is 0 Å². The summed E-state index contributed by atoms with van der Waals surface area (Å²) in [6.45, 7) is 6.05. The van der Waals surface area contributed by atoms with Gasteiger partial charge in [0, 0.05) is 7.11 Å². The maximum Gasteiger partial charge on any atom is 0.234 e. The molecule has 0 bridgehead atoms. The number of aromatic nitrogens is 2. The van der Waals surface area contributed by atoms with Crippen molar-refractivity contribution in [3.63, 3.8) is 0 Å². The first-order valence-electron chi connectivity index (χ1n) is 6.75. The van der Waals surface area contributed by atoms with E-state index in [9.17, 15) is 4.79 Å². The number of nitrogens with zero attached hydrogens (tertiary/aromatic N) is 2. The molecule has 0 saturated heterocycles. The zero-order valence-electron chi connectivity index (χ0n) is 12.2. The molecule has 0 amide bonds. The Balaban J connectivity index is 2.18. The molecule has 1 saturated carbocycles. The molecule has 0 unspecified atom stereocenters. The molecule has 0 aromatic carbocycles. The second kappa shape index (κ2) is 5.04. The van der Waals surface area contributed by atoms with Crippen LogP contribution in [0.2, 0.25) is 0 Å². The van der Waals surface area contributed by atoms with Crippen molar-refractivity contribution in [1.29, 1.82) is 0 Å². The summed E-state index contributed by atoms with van der Waals surface area (Å²) < 4.78 is 10.9. The van der Waals surface area contributed by atoms with Gasteiger partial charge in [0.15, 0.2) is 0 Å². The summed E-state index contributed by atoms with van der Waals surface area (Å²) in [5.74, 6) is 0.983. The Morgan fingerprint density at radius 2 is 1.95 bits per heavy atom. The van der Waals surface area contributed by atoms with Gasteiger partial charge in [-0.2, -0.15) is 4.98 Å². The average Bonchev–Trinajstić information content (AvgIpc) is 2.78. The molecule has 19 heavy (non-hydrogen) atoms. The standard InChI is InChI=1S/C14H22N2O3/c1-10(17)9-11-15-12(16-19-11)14(18-4)7-5-13(2,3)6-8-14/h5-9H2,1-4H3. The fourth-order valence-corrected chi connectivity index (χ4v) is 2.57. The van der Waals surface area contributed by atoms with Crippen LogP contribution < -0.4 is 0 Å². The molecule has 0 radical (unpaired) electrons. The van der Waals surface area contributed by atoms with Crippen LogP contribution in [0.1, 0.15) is 58.2 Å². The molecule has 0 aliphatic heterocycles. The van der Waals surface area contributed by atoms with Crippen LogP contribution in [-0.2, 0) is 21.6 Å². The zero-order valence-corrected chi connectivity index (χ0v) is 12.2. The maximum atomic E-state index is 11.1. The van der Waals surface area contributed by atoms with Crippen LogP contribution in [0.5, 0.6) is 0 Å². The number of rotatable bonds is 4. The first-order chi connectivity index (χ1) is 8.87. The van der Waals surface area contributed by atoms with E-state index < -0.39 is 5.60 Å². The van der Waals surface area contributed by atoms with Crippen molar-refractivity contribution >= 4 is 5.78 Å². The third-order valence-corrected chi connectivity index (χ3v) is 4.08. The largest absolute Gasteiger partial charge is 0.370 e. The van der Waals surface area contributed by atoms with E-state index in [-0.39, 0.29) is 12.2 Å². The highest BCUT2D eigenvalue weighted by atomic mass is 16.5. The highest BCUT2D eigenvalue weighted by Crippen LogP contribution is 2.46. The lowest BCUT2D eigenvalue weighted by molar-refractivity contribution is -0.116.